The van der Waals surface area contributed by atoms with Crippen LogP contribution in [0, 0.1) is 0 Å². The number of aromatic nitrogens is 2. The largest absolute Gasteiger partial charge is 0.477 e. The third-order valence-electron chi connectivity index (χ3n) is 2.07. The molecule has 16 heavy (non-hydrogen) atoms. The Balaban J connectivity index is 2.98. The molecule has 0 fully saturated rings. The van der Waals surface area contributed by atoms with E-state index in [1.54, 1.807) is 13.0 Å². The summed E-state index contributed by atoms with van der Waals surface area (Å²) >= 11 is 0. The maximum absolute atomic E-state index is 11.9. The summed E-state index contributed by atoms with van der Waals surface area (Å²) in [5.41, 5.74) is -0.260. The summed E-state index contributed by atoms with van der Waals surface area (Å²) in [5, 5.41) is 8.83. The Morgan fingerprint density at radius 2 is 2.38 bits per heavy atom. The Bertz CT molecular complexity index is 411. The Labute approximate surface area is 92.6 Å². The van der Waals surface area contributed by atoms with Gasteiger partial charge in [-0.2, -0.15) is 0 Å². The summed E-state index contributed by atoms with van der Waals surface area (Å²) in [5.74, 6) is -1.61. The van der Waals surface area contributed by atoms with Crippen molar-refractivity contribution in [3.63, 3.8) is 0 Å². The lowest BCUT2D eigenvalue weighted by Gasteiger charge is -2.17. The van der Waals surface area contributed by atoms with Crippen molar-refractivity contribution in [1.29, 1.82) is 0 Å². The molecule has 2 N–H and O–H groups in total. The lowest BCUT2D eigenvalue weighted by atomic mass is 10.3. The highest BCUT2D eigenvalue weighted by Crippen LogP contribution is 2.07. The van der Waals surface area contributed by atoms with E-state index in [1.807, 2.05) is 0 Å². The smallest absolute Gasteiger partial charge is 0.354 e. The number of rotatable bonds is 5. The molecule has 0 bridgehead atoms. The summed E-state index contributed by atoms with van der Waals surface area (Å²) in [4.78, 5) is 30.3. The van der Waals surface area contributed by atoms with E-state index in [2.05, 4.69) is 16.5 Å². The maximum atomic E-state index is 11.9. The molecule has 1 aromatic rings. The van der Waals surface area contributed by atoms with Gasteiger partial charge in [0, 0.05) is 13.1 Å². The number of hydrogen-bond donors (Lipinski definition) is 2. The van der Waals surface area contributed by atoms with Crippen LogP contribution < -0.4 is 0 Å². The maximum Gasteiger partial charge on any atom is 0.354 e. The Kier molecular flexibility index (Phi) is 3.82. The normalized spacial score (nSPS) is 9.81. The van der Waals surface area contributed by atoms with E-state index in [0.29, 0.717) is 13.1 Å². The Hall–Kier alpha value is -2.11. The molecule has 86 valence electrons. The molecule has 0 aliphatic heterocycles. The van der Waals surface area contributed by atoms with Gasteiger partial charge in [-0.3, -0.25) is 4.79 Å². The number of amides is 1. The highest BCUT2D eigenvalue weighted by atomic mass is 16.4. The molecule has 0 radical (unpaired) electrons. The monoisotopic (exact) mass is 223 g/mol. The van der Waals surface area contributed by atoms with Crippen molar-refractivity contribution in [2.75, 3.05) is 13.1 Å². The van der Waals surface area contributed by atoms with Crippen molar-refractivity contribution in [2.45, 2.75) is 6.92 Å². The molecule has 0 unspecified atom stereocenters. The number of likely N-dealkylation sites (N-methyl/N-ethyl adjacent to an activating group) is 1. The quantitative estimate of drug-likeness (QED) is 0.721. The van der Waals surface area contributed by atoms with Crippen molar-refractivity contribution >= 4 is 11.9 Å². The standard InChI is InChI=1S/C10H13N3O3/c1-3-5-13(4-2)9(14)7-8(10(15)16)12-6-11-7/h3,6H,1,4-5H2,2H3,(H,11,12)(H,15,16). The molecule has 0 aliphatic carbocycles. The van der Waals surface area contributed by atoms with Crippen molar-refractivity contribution in [3.05, 3.63) is 30.4 Å². The highest BCUT2D eigenvalue weighted by Gasteiger charge is 2.22. The van der Waals surface area contributed by atoms with Gasteiger partial charge >= 0.3 is 5.97 Å². The van der Waals surface area contributed by atoms with Crippen LogP contribution in [0.4, 0.5) is 0 Å². The predicted molar refractivity (Wildman–Crippen MR) is 57.3 cm³/mol. The molecule has 1 aromatic heterocycles. The highest BCUT2D eigenvalue weighted by molar-refractivity contribution is 6.02. The van der Waals surface area contributed by atoms with E-state index in [0.717, 1.165) is 0 Å². The molecule has 0 aromatic carbocycles. The first-order valence-electron chi connectivity index (χ1n) is 4.78. The molecule has 6 heteroatoms. The van der Waals surface area contributed by atoms with E-state index in [9.17, 15) is 9.59 Å². The average molecular weight is 223 g/mol. The van der Waals surface area contributed by atoms with Gasteiger partial charge < -0.3 is 15.0 Å². The number of nitrogens with zero attached hydrogens (tertiary/aromatic N) is 2. The minimum absolute atomic E-state index is 0.0730. The number of carboxylic acid groups (broad SMARTS) is 1. The average Bonchev–Trinajstić information content (AvgIpc) is 2.73. The molecule has 0 atom stereocenters. The fourth-order valence-electron chi connectivity index (χ4n) is 1.28. The van der Waals surface area contributed by atoms with Crippen LogP contribution in [0.2, 0.25) is 0 Å². The molecule has 0 saturated heterocycles. The van der Waals surface area contributed by atoms with E-state index >= 15 is 0 Å². The minimum Gasteiger partial charge on any atom is -0.477 e. The molecule has 1 rings (SSSR count). The van der Waals surface area contributed by atoms with Crippen molar-refractivity contribution < 1.29 is 14.7 Å². The van der Waals surface area contributed by atoms with Gasteiger partial charge in [0.2, 0.25) is 0 Å². The van der Waals surface area contributed by atoms with Gasteiger partial charge in [-0.25, -0.2) is 9.78 Å². The summed E-state index contributed by atoms with van der Waals surface area (Å²) in [7, 11) is 0. The van der Waals surface area contributed by atoms with Crippen LogP contribution in [-0.2, 0) is 0 Å². The molecular weight excluding hydrogens is 210 g/mol. The van der Waals surface area contributed by atoms with Crippen molar-refractivity contribution in [1.82, 2.24) is 14.9 Å². The Morgan fingerprint density at radius 3 is 2.88 bits per heavy atom. The first-order chi connectivity index (χ1) is 7.61. The molecule has 0 aliphatic rings. The number of nitrogens with one attached hydrogen (secondary N) is 1. The number of aromatic carboxylic acids is 1. The zero-order chi connectivity index (χ0) is 12.1. The Morgan fingerprint density at radius 1 is 1.69 bits per heavy atom. The topological polar surface area (TPSA) is 86.3 Å². The van der Waals surface area contributed by atoms with Crippen LogP contribution in [0.3, 0.4) is 0 Å². The first-order valence-corrected chi connectivity index (χ1v) is 4.78. The van der Waals surface area contributed by atoms with Crippen molar-refractivity contribution in [2.24, 2.45) is 0 Å². The number of imidazole rings is 1. The summed E-state index contributed by atoms with van der Waals surface area (Å²) < 4.78 is 0. The summed E-state index contributed by atoms with van der Waals surface area (Å²) in [6.07, 6.45) is 2.77. The zero-order valence-electron chi connectivity index (χ0n) is 8.93. The molecule has 0 spiro atoms. The lowest BCUT2D eigenvalue weighted by Crippen LogP contribution is -2.32. The van der Waals surface area contributed by atoms with Gasteiger partial charge in [-0.15, -0.1) is 6.58 Å². The van der Waals surface area contributed by atoms with Crippen LogP contribution in [0.1, 0.15) is 27.9 Å². The van der Waals surface area contributed by atoms with Gasteiger partial charge in [0.15, 0.2) is 11.4 Å². The van der Waals surface area contributed by atoms with Crippen LogP contribution >= 0.6 is 0 Å². The number of aromatic amines is 1. The van der Waals surface area contributed by atoms with E-state index < -0.39 is 11.9 Å². The van der Waals surface area contributed by atoms with Gasteiger partial charge in [0.1, 0.15) is 0 Å². The predicted octanol–water partition coefficient (Wildman–Crippen LogP) is 0.756. The SMILES string of the molecule is C=CCN(CC)C(=O)c1nc[nH]c1C(=O)O. The van der Waals surface area contributed by atoms with Gasteiger partial charge in [0.25, 0.3) is 5.91 Å². The van der Waals surface area contributed by atoms with E-state index in [4.69, 9.17) is 5.11 Å². The first kappa shape index (κ1) is 12.0. The number of hydrogen-bond acceptors (Lipinski definition) is 3. The lowest BCUT2D eigenvalue weighted by molar-refractivity contribution is 0.0673. The van der Waals surface area contributed by atoms with Crippen LogP contribution in [0.15, 0.2) is 19.0 Å². The summed E-state index contributed by atoms with van der Waals surface area (Å²) in [6.45, 7) is 6.16. The second-order valence-corrected chi connectivity index (χ2v) is 3.06. The van der Waals surface area contributed by atoms with E-state index in [-0.39, 0.29) is 11.4 Å². The summed E-state index contributed by atoms with van der Waals surface area (Å²) in [6, 6.07) is 0. The van der Waals surface area contributed by atoms with Gasteiger partial charge in [-0.05, 0) is 6.92 Å². The van der Waals surface area contributed by atoms with Gasteiger partial charge in [-0.1, -0.05) is 6.08 Å². The number of carbonyl (C=O) groups excluding carboxylic acids is 1. The number of carboxylic acids is 1. The third-order valence-corrected chi connectivity index (χ3v) is 2.07. The van der Waals surface area contributed by atoms with Gasteiger partial charge in [0.05, 0.1) is 6.33 Å². The van der Waals surface area contributed by atoms with Crippen LogP contribution in [-0.4, -0.2) is 44.9 Å². The second-order valence-electron chi connectivity index (χ2n) is 3.06. The second kappa shape index (κ2) is 5.11. The molecule has 1 heterocycles. The number of H-pyrrole nitrogens is 1. The van der Waals surface area contributed by atoms with Crippen molar-refractivity contribution in [3.8, 4) is 0 Å². The molecule has 0 saturated carbocycles. The van der Waals surface area contributed by atoms with E-state index in [1.165, 1.54) is 11.2 Å². The molecule has 1 amide bonds. The van der Waals surface area contributed by atoms with Crippen LogP contribution in [0.25, 0.3) is 0 Å². The fraction of sp³-hybridized carbons (Fsp3) is 0.300. The van der Waals surface area contributed by atoms with Crippen LogP contribution in [0.5, 0.6) is 0 Å². The fourth-order valence-corrected chi connectivity index (χ4v) is 1.28. The minimum atomic E-state index is -1.20. The third kappa shape index (κ3) is 2.28. The molecular formula is C10H13N3O3. The zero-order valence-corrected chi connectivity index (χ0v) is 8.93. The number of carbonyl (C=O) groups is 2. The molecule has 6 nitrogen and oxygen atoms in total.